The molecule has 0 saturated heterocycles. The number of aryl methyl sites for hydroxylation is 1. The molecular weight excluding hydrogens is 328 g/mol. The predicted molar refractivity (Wildman–Crippen MR) is 75.3 cm³/mol. The van der Waals surface area contributed by atoms with Crippen molar-refractivity contribution in [1.82, 2.24) is 9.55 Å². The minimum Gasteiger partial charge on any atom is -0.478 e. The number of rotatable bonds is 4. The van der Waals surface area contributed by atoms with Crippen molar-refractivity contribution >= 4 is 21.9 Å². The van der Waals surface area contributed by atoms with E-state index in [9.17, 15) is 9.59 Å². The summed E-state index contributed by atoms with van der Waals surface area (Å²) < 4.78 is 7.40. The third-order valence-corrected chi connectivity index (χ3v) is 3.26. The lowest BCUT2D eigenvalue weighted by Crippen LogP contribution is -2.20. The van der Waals surface area contributed by atoms with Crippen LogP contribution in [0.2, 0.25) is 0 Å². The van der Waals surface area contributed by atoms with E-state index in [0.29, 0.717) is 11.0 Å². The lowest BCUT2D eigenvalue weighted by Gasteiger charge is -2.08. The Morgan fingerprint density at radius 1 is 1.50 bits per heavy atom. The van der Waals surface area contributed by atoms with E-state index in [1.807, 2.05) is 6.92 Å². The minimum atomic E-state index is -1.07. The van der Waals surface area contributed by atoms with Gasteiger partial charge in [0.1, 0.15) is 5.75 Å². The summed E-state index contributed by atoms with van der Waals surface area (Å²) in [5.74, 6) is -0.949. The van der Waals surface area contributed by atoms with E-state index in [-0.39, 0.29) is 22.8 Å². The Balaban J connectivity index is 2.42. The highest BCUT2D eigenvalue weighted by Crippen LogP contribution is 2.28. The van der Waals surface area contributed by atoms with Crippen molar-refractivity contribution in [2.24, 2.45) is 0 Å². The van der Waals surface area contributed by atoms with Crippen LogP contribution >= 0.6 is 15.9 Å². The predicted octanol–water partition coefficient (Wildman–Crippen LogP) is 2.52. The first-order valence-electron chi connectivity index (χ1n) is 5.79. The maximum atomic E-state index is 12.0. The van der Waals surface area contributed by atoms with Crippen LogP contribution in [-0.4, -0.2) is 20.6 Å². The first-order valence-corrected chi connectivity index (χ1v) is 6.58. The first-order chi connectivity index (χ1) is 9.52. The molecule has 20 heavy (non-hydrogen) atoms. The number of halogens is 1. The van der Waals surface area contributed by atoms with Gasteiger partial charge in [-0.3, -0.25) is 4.79 Å². The van der Waals surface area contributed by atoms with Gasteiger partial charge in [-0.05, 0) is 41.1 Å². The zero-order chi connectivity index (χ0) is 14.7. The molecule has 7 heteroatoms. The molecule has 0 aliphatic heterocycles. The Labute approximate surface area is 122 Å². The number of carboxylic acids is 1. The summed E-state index contributed by atoms with van der Waals surface area (Å²) in [6.45, 7) is 2.32. The number of carbonyl (C=O) groups is 1. The van der Waals surface area contributed by atoms with Crippen molar-refractivity contribution < 1.29 is 14.6 Å². The van der Waals surface area contributed by atoms with Crippen LogP contribution in [-0.2, 0) is 6.54 Å². The van der Waals surface area contributed by atoms with Gasteiger partial charge in [-0.1, -0.05) is 0 Å². The maximum absolute atomic E-state index is 12.0. The fourth-order valence-corrected chi connectivity index (χ4v) is 1.89. The van der Waals surface area contributed by atoms with Gasteiger partial charge in [-0.2, -0.15) is 0 Å². The molecule has 2 aromatic rings. The Bertz CT molecular complexity index is 712. The van der Waals surface area contributed by atoms with E-state index < -0.39 is 5.97 Å². The Morgan fingerprint density at radius 3 is 2.90 bits per heavy atom. The van der Waals surface area contributed by atoms with E-state index in [0.717, 1.165) is 0 Å². The van der Waals surface area contributed by atoms with Crippen LogP contribution in [0.25, 0.3) is 0 Å². The SMILES string of the molecule is CCn1ccnc(Oc2cc(C(=O)O)ccc2Br)c1=O. The third kappa shape index (κ3) is 2.88. The summed E-state index contributed by atoms with van der Waals surface area (Å²) in [6.07, 6.45) is 3.01. The van der Waals surface area contributed by atoms with Gasteiger partial charge >= 0.3 is 11.5 Å². The topological polar surface area (TPSA) is 81.4 Å². The largest absolute Gasteiger partial charge is 0.478 e. The molecule has 0 unspecified atom stereocenters. The number of aromatic carboxylic acids is 1. The fourth-order valence-electron chi connectivity index (χ4n) is 1.57. The van der Waals surface area contributed by atoms with Crippen LogP contribution in [0, 0.1) is 0 Å². The lowest BCUT2D eigenvalue weighted by atomic mass is 10.2. The average molecular weight is 339 g/mol. The molecule has 1 N–H and O–H groups in total. The van der Waals surface area contributed by atoms with E-state index in [1.54, 1.807) is 12.3 Å². The van der Waals surface area contributed by atoms with Crippen molar-refractivity contribution in [3.05, 3.63) is 51.0 Å². The van der Waals surface area contributed by atoms with Gasteiger partial charge in [-0.25, -0.2) is 9.78 Å². The van der Waals surface area contributed by atoms with Crippen molar-refractivity contribution in [2.45, 2.75) is 13.5 Å². The summed E-state index contributed by atoms with van der Waals surface area (Å²) >= 11 is 3.24. The number of hydrogen-bond donors (Lipinski definition) is 1. The van der Waals surface area contributed by atoms with Crippen LogP contribution in [0.4, 0.5) is 0 Å². The molecule has 2 rings (SSSR count). The van der Waals surface area contributed by atoms with Crippen molar-refractivity contribution in [2.75, 3.05) is 0 Å². The molecule has 0 amide bonds. The maximum Gasteiger partial charge on any atom is 0.335 e. The molecule has 0 aliphatic carbocycles. The van der Waals surface area contributed by atoms with E-state index in [2.05, 4.69) is 20.9 Å². The van der Waals surface area contributed by atoms with Crippen LogP contribution in [0.15, 0.2) is 39.9 Å². The highest BCUT2D eigenvalue weighted by Gasteiger charge is 2.12. The van der Waals surface area contributed by atoms with Gasteiger partial charge in [0.25, 0.3) is 5.88 Å². The molecule has 0 fully saturated rings. The number of hydrogen-bond acceptors (Lipinski definition) is 4. The summed E-state index contributed by atoms with van der Waals surface area (Å²) in [4.78, 5) is 26.8. The fraction of sp³-hybridized carbons (Fsp3) is 0.154. The zero-order valence-electron chi connectivity index (χ0n) is 10.5. The van der Waals surface area contributed by atoms with Gasteiger partial charge in [0.15, 0.2) is 0 Å². The Morgan fingerprint density at radius 2 is 2.25 bits per heavy atom. The van der Waals surface area contributed by atoms with Crippen LogP contribution in [0.5, 0.6) is 11.6 Å². The number of nitrogens with zero attached hydrogens (tertiary/aromatic N) is 2. The van der Waals surface area contributed by atoms with Crippen LogP contribution in [0.3, 0.4) is 0 Å². The summed E-state index contributed by atoms with van der Waals surface area (Å²) in [5, 5.41) is 8.95. The van der Waals surface area contributed by atoms with Crippen molar-refractivity contribution in [1.29, 1.82) is 0 Å². The molecule has 1 aromatic carbocycles. The second kappa shape index (κ2) is 5.87. The van der Waals surface area contributed by atoms with Gasteiger partial charge in [0.2, 0.25) is 0 Å². The Kier molecular flexibility index (Phi) is 4.19. The average Bonchev–Trinajstić information content (AvgIpc) is 2.43. The smallest absolute Gasteiger partial charge is 0.335 e. The molecular formula is C13H11BrN2O4. The number of benzene rings is 1. The summed E-state index contributed by atoms with van der Waals surface area (Å²) in [6, 6.07) is 4.30. The lowest BCUT2D eigenvalue weighted by molar-refractivity contribution is 0.0696. The molecule has 1 heterocycles. The molecule has 6 nitrogen and oxygen atoms in total. The van der Waals surface area contributed by atoms with E-state index >= 15 is 0 Å². The molecule has 0 aliphatic rings. The number of carboxylic acid groups (broad SMARTS) is 1. The van der Waals surface area contributed by atoms with Crippen molar-refractivity contribution in [3.63, 3.8) is 0 Å². The number of ether oxygens (including phenoxy) is 1. The molecule has 104 valence electrons. The van der Waals surface area contributed by atoms with E-state index in [4.69, 9.17) is 9.84 Å². The first kappa shape index (κ1) is 14.3. The van der Waals surface area contributed by atoms with Gasteiger partial charge in [0.05, 0.1) is 10.0 Å². The monoisotopic (exact) mass is 338 g/mol. The summed E-state index contributed by atoms with van der Waals surface area (Å²) in [7, 11) is 0. The quantitative estimate of drug-likeness (QED) is 0.926. The molecule has 0 spiro atoms. The van der Waals surface area contributed by atoms with Gasteiger partial charge in [-0.15, -0.1) is 0 Å². The normalized spacial score (nSPS) is 10.3. The minimum absolute atomic E-state index is 0.0648. The van der Waals surface area contributed by atoms with Gasteiger partial charge in [0, 0.05) is 18.9 Å². The highest BCUT2D eigenvalue weighted by molar-refractivity contribution is 9.10. The van der Waals surface area contributed by atoms with E-state index in [1.165, 1.54) is 22.9 Å². The number of aromatic nitrogens is 2. The molecule has 0 atom stereocenters. The second-order valence-electron chi connectivity index (χ2n) is 3.88. The highest BCUT2D eigenvalue weighted by atomic mass is 79.9. The molecule has 0 saturated carbocycles. The molecule has 1 aromatic heterocycles. The molecule has 0 radical (unpaired) electrons. The molecule has 0 bridgehead atoms. The second-order valence-corrected chi connectivity index (χ2v) is 4.73. The van der Waals surface area contributed by atoms with Crippen LogP contribution < -0.4 is 10.3 Å². The standard InChI is InChI=1S/C13H11BrN2O4/c1-2-16-6-5-15-11(12(16)17)20-10-7-8(13(18)19)3-4-9(10)14/h3-7H,2H2,1H3,(H,18,19). The van der Waals surface area contributed by atoms with Crippen molar-refractivity contribution in [3.8, 4) is 11.6 Å². The summed E-state index contributed by atoms with van der Waals surface area (Å²) in [5.41, 5.74) is -0.308. The zero-order valence-corrected chi connectivity index (χ0v) is 12.1. The Hall–Kier alpha value is -2.15. The third-order valence-electron chi connectivity index (χ3n) is 2.61. The van der Waals surface area contributed by atoms with Gasteiger partial charge < -0.3 is 14.4 Å². The van der Waals surface area contributed by atoms with Crippen LogP contribution in [0.1, 0.15) is 17.3 Å².